The Labute approximate surface area is 86.8 Å². The van der Waals surface area contributed by atoms with Gasteiger partial charge in [0.2, 0.25) is 0 Å². The maximum atomic E-state index is 10.9. The number of amides is 2. The molecule has 5 heteroatoms. The molecule has 0 aliphatic heterocycles. The summed E-state index contributed by atoms with van der Waals surface area (Å²) >= 11 is 0. The smallest absolute Gasteiger partial charge is 0.435 e. The van der Waals surface area contributed by atoms with Gasteiger partial charge in [0.15, 0.2) is 5.69 Å². The van der Waals surface area contributed by atoms with Gasteiger partial charge in [-0.25, -0.2) is 0 Å². The molecule has 0 aliphatic rings. The Morgan fingerprint density at radius 3 is 1.80 bits per heavy atom. The fourth-order valence-electron chi connectivity index (χ4n) is 1.15. The average molecular weight is 210 g/mol. The van der Waals surface area contributed by atoms with E-state index in [0.717, 1.165) is 12.6 Å². The van der Waals surface area contributed by atoms with Crippen molar-refractivity contribution >= 4 is 17.9 Å². The van der Waals surface area contributed by atoms with E-state index >= 15 is 0 Å². The molecule has 1 aromatic rings. The summed E-state index contributed by atoms with van der Waals surface area (Å²) in [4.78, 5) is 21.9. The zero-order chi connectivity index (χ0) is 11.6. The maximum absolute atomic E-state index is 10.9. The van der Waals surface area contributed by atoms with E-state index in [0.29, 0.717) is 0 Å². The van der Waals surface area contributed by atoms with Crippen LogP contribution in [-0.2, 0) is 0 Å². The van der Waals surface area contributed by atoms with Crippen molar-refractivity contribution in [3.63, 3.8) is 0 Å². The van der Waals surface area contributed by atoms with E-state index in [4.69, 9.17) is 10.2 Å². The fraction of sp³-hybridized carbons (Fsp3) is 0.200. The van der Waals surface area contributed by atoms with E-state index in [1.807, 2.05) is 6.92 Å². The highest BCUT2D eigenvalue weighted by Crippen LogP contribution is 2.22. The molecule has 0 radical (unpaired) electrons. The van der Waals surface area contributed by atoms with Crippen molar-refractivity contribution < 1.29 is 19.8 Å². The number of hydrogen-bond acceptors (Lipinski definition) is 2. The second-order valence-corrected chi connectivity index (χ2v) is 3.41. The van der Waals surface area contributed by atoms with Crippen LogP contribution in [0.3, 0.4) is 0 Å². The number of quaternary nitrogens is 1. The lowest BCUT2D eigenvalue weighted by atomic mass is 10.2. The maximum Gasteiger partial charge on any atom is 0.529 e. The van der Waals surface area contributed by atoms with Gasteiger partial charge in [-0.2, -0.15) is 9.59 Å². The molecule has 0 spiro atoms. The van der Waals surface area contributed by atoms with Gasteiger partial charge in [0.05, 0.1) is 7.05 Å². The fourth-order valence-corrected chi connectivity index (χ4v) is 1.15. The molecule has 15 heavy (non-hydrogen) atoms. The lowest BCUT2D eigenvalue weighted by Gasteiger charge is -2.20. The Morgan fingerprint density at radius 2 is 1.47 bits per heavy atom. The standard InChI is InChI=1S/C10H11NO4/c1-7-3-5-8(6-4-7)11(2,9(12)13)10(14)15/h3-6H,1-2H3,(H-,12,13,14,15)/p+1. The molecule has 0 saturated heterocycles. The Hall–Kier alpha value is -1.88. The molecule has 1 aromatic carbocycles. The molecule has 5 nitrogen and oxygen atoms in total. The van der Waals surface area contributed by atoms with Gasteiger partial charge in [-0.3, -0.25) is 0 Å². The summed E-state index contributed by atoms with van der Waals surface area (Å²) in [5.41, 5.74) is 1.15. The zero-order valence-electron chi connectivity index (χ0n) is 8.47. The molecule has 0 atom stereocenters. The number of hydrogen-bond donors (Lipinski definition) is 2. The minimum atomic E-state index is -1.42. The van der Waals surface area contributed by atoms with E-state index in [9.17, 15) is 9.59 Å². The van der Waals surface area contributed by atoms with Crippen LogP contribution in [0.1, 0.15) is 5.56 Å². The number of carbonyl (C=O) groups is 2. The Morgan fingerprint density at radius 1 is 1.07 bits per heavy atom. The van der Waals surface area contributed by atoms with E-state index < -0.39 is 16.7 Å². The van der Waals surface area contributed by atoms with Crippen LogP contribution >= 0.6 is 0 Å². The van der Waals surface area contributed by atoms with Crippen molar-refractivity contribution in [2.75, 3.05) is 7.05 Å². The molecule has 0 aliphatic carbocycles. The second-order valence-electron chi connectivity index (χ2n) is 3.41. The summed E-state index contributed by atoms with van der Waals surface area (Å²) < 4.78 is -1.17. The average Bonchev–Trinajstić information content (AvgIpc) is 2.17. The summed E-state index contributed by atoms with van der Waals surface area (Å²) in [7, 11) is 1.12. The first-order valence-electron chi connectivity index (χ1n) is 4.29. The lowest BCUT2D eigenvalue weighted by molar-refractivity contribution is 0.133. The second kappa shape index (κ2) is 3.70. The molecule has 80 valence electrons. The van der Waals surface area contributed by atoms with Crippen LogP contribution in [0, 0.1) is 6.92 Å². The third kappa shape index (κ3) is 1.82. The number of carboxylic acid groups (broad SMARTS) is 2. The van der Waals surface area contributed by atoms with Crippen LogP contribution in [0.15, 0.2) is 24.3 Å². The molecule has 1 rings (SSSR count). The molecule has 0 bridgehead atoms. The molecule has 0 saturated carbocycles. The van der Waals surface area contributed by atoms with Crippen molar-refractivity contribution in [3.05, 3.63) is 29.8 Å². The van der Waals surface area contributed by atoms with Crippen molar-refractivity contribution in [1.29, 1.82) is 0 Å². The van der Waals surface area contributed by atoms with Gasteiger partial charge in [0, 0.05) is 12.1 Å². The van der Waals surface area contributed by atoms with Crippen LogP contribution in [0.4, 0.5) is 15.3 Å². The number of nitrogens with zero attached hydrogens (tertiary/aromatic N) is 1. The van der Waals surface area contributed by atoms with Crippen LogP contribution in [0.25, 0.3) is 0 Å². The van der Waals surface area contributed by atoms with Crippen LogP contribution in [0.5, 0.6) is 0 Å². The summed E-state index contributed by atoms with van der Waals surface area (Å²) in [5, 5.41) is 17.8. The normalized spacial score (nSPS) is 11.1. The molecule has 0 unspecified atom stereocenters. The van der Waals surface area contributed by atoms with Gasteiger partial charge in [-0.1, -0.05) is 22.2 Å². The monoisotopic (exact) mass is 210 g/mol. The van der Waals surface area contributed by atoms with Gasteiger partial charge in [-0.05, 0) is 6.92 Å². The van der Waals surface area contributed by atoms with E-state index in [-0.39, 0.29) is 5.69 Å². The van der Waals surface area contributed by atoms with Crippen LogP contribution in [-0.4, -0.2) is 29.4 Å². The lowest BCUT2D eigenvalue weighted by Crippen LogP contribution is -2.53. The largest absolute Gasteiger partial charge is 0.529 e. The summed E-state index contributed by atoms with van der Waals surface area (Å²) in [6, 6.07) is 6.35. The van der Waals surface area contributed by atoms with Gasteiger partial charge >= 0.3 is 12.2 Å². The zero-order valence-corrected chi connectivity index (χ0v) is 8.47. The van der Waals surface area contributed by atoms with Gasteiger partial charge in [0.25, 0.3) is 0 Å². The Balaban J connectivity index is 3.28. The number of aryl methyl sites for hydroxylation is 1. The molecule has 2 amide bonds. The highest BCUT2D eigenvalue weighted by Gasteiger charge is 2.43. The first kappa shape index (κ1) is 11.2. The number of rotatable bonds is 1. The third-order valence-electron chi connectivity index (χ3n) is 2.32. The van der Waals surface area contributed by atoms with Crippen LogP contribution in [0.2, 0.25) is 0 Å². The highest BCUT2D eigenvalue weighted by molar-refractivity contribution is 6.00. The topological polar surface area (TPSA) is 74.6 Å². The van der Waals surface area contributed by atoms with Gasteiger partial charge in [-0.15, -0.1) is 0 Å². The van der Waals surface area contributed by atoms with Crippen molar-refractivity contribution in [1.82, 2.24) is 4.48 Å². The van der Waals surface area contributed by atoms with E-state index in [1.54, 1.807) is 12.1 Å². The molecule has 0 fully saturated rings. The summed E-state index contributed by atoms with van der Waals surface area (Å²) in [5.74, 6) is 0. The molecular weight excluding hydrogens is 198 g/mol. The number of imide groups is 1. The van der Waals surface area contributed by atoms with Crippen molar-refractivity contribution in [3.8, 4) is 0 Å². The van der Waals surface area contributed by atoms with Gasteiger partial charge < -0.3 is 10.2 Å². The van der Waals surface area contributed by atoms with Crippen molar-refractivity contribution in [2.45, 2.75) is 6.92 Å². The molecule has 0 heterocycles. The predicted molar refractivity (Wildman–Crippen MR) is 54.9 cm³/mol. The Bertz CT molecular complexity index is 382. The summed E-state index contributed by atoms with van der Waals surface area (Å²) in [6.07, 6.45) is -2.85. The van der Waals surface area contributed by atoms with Crippen LogP contribution < -0.4 is 4.48 Å². The predicted octanol–water partition coefficient (Wildman–Crippen LogP) is 2.29. The first-order chi connectivity index (χ1) is 6.89. The highest BCUT2D eigenvalue weighted by atomic mass is 16.4. The summed E-state index contributed by atoms with van der Waals surface area (Å²) in [6.45, 7) is 1.84. The first-order valence-corrected chi connectivity index (χ1v) is 4.29. The number of benzene rings is 1. The van der Waals surface area contributed by atoms with Gasteiger partial charge in [0.1, 0.15) is 0 Å². The van der Waals surface area contributed by atoms with E-state index in [2.05, 4.69) is 0 Å². The molecular formula is C10H12NO4+. The van der Waals surface area contributed by atoms with E-state index in [1.165, 1.54) is 12.1 Å². The third-order valence-corrected chi connectivity index (χ3v) is 2.32. The van der Waals surface area contributed by atoms with Crippen molar-refractivity contribution in [2.24, 2.45) is 0 Å². The minimum Gasteiger partial charge on any atom is -0.435 e. The molecule has 0 aromatic heterocycles. The molecule has 2 N–H and O–H groups in total. The SMILES string of the molecule is Cc1ccc([N+](C)(C(=O)O)C(=O)O)cc1. The Kier molecular flexibility index (Phi) is 2.76. The minimum absolute atomic E-state index is 0.209. The quantitative estimate of drug-likeness (QED) is 0.697.